The molecule has 1 N–H and O–H groups in total. The van der Waals surface area contributed by atoms with Gasteiger partial charge in [0.2, 0.25) is 5.88 Å². The summed E-state index contributed by atoms with van der Waals surface area (Å²) in [6.07, 6.45) is 7.02. The van der Waals surface area contributed by atoms with Gasteiger partial charge in [0, 0.05) is 38.9 Å². The highest BCUT2D eigenvalue weighted by Crippen LogP contribution is 2.29. The summed E-state index contributed by atoms with van der Waals surface area (Å²) in [6.45, 7) is 1.41. The molecule has 0 bridgehead atoms. The number of pyridine rings is 1. The van der Waals surface area contributed by atoms with E-state index in [-0.39, 0.29) is 17.9 Å². The molecular formula is C17H22N4O3. The van der Waals surface area contributed by atoms with Crippen molar-refractivity contribution >= 4 is 5.91 Å². The summed E-state index contributed by atoms with van der Waals surface area (Å²) in [4.78, 5) is 21.3. The number of hydrogen-bond donors (Lipinski definition) is 1. The standard InChI is InChI=1S/C17H22N4O3/c1-21-9-8-18-15(21)14(12-5-10-24-11-6-12)20-16(22)13-4-3-7-19-17(13)23-2/h3-4,7-9,12,14H,5-6,10-11H2,1-2H3,(H,20,22)/t14-/m1/s1. The lowest BCUT2D eigenvalue weighted by atomic mass is 9.91. The van der Waals surface area contributed by atoms with Crippen LogP contribution in [0.25, 0.3) is 0 Å². The van der Waals surface area contributed by atoms with Crippen molar-refractivity contribution in [2.75, 3.05) is 20.3 Å². The molecule has 7 heteroatoms. The first-order valence-electron chi connectivity index (χ1n) is 8.05. The summed E-state index contributed by atoms with van der Waals surface area (Å²) in [7, 11) is 3.44. The molecular weight excluding hydrogens is 308 g/mol. The predicted octanol–water partition coefficient (Wildman–Crippen LogP) is 1.72. The number of aryl methyl sites for hydroxylation is 1. The van der Waals surface area contributed by atoms with Gasteiger partial charge in [-0.15, -0.1) is 0 Å². The molecule has 128 valence electrons. The molecule has 0 radical (unpaired) electrons. The van der Waals surface area contributed by atoms with Crippen molar-refractivity contribution in [2.24, 2.45) is 13.0 Å². The Hall–Kier alpha value is -2.41. The Morgan fingerprint density at radius 1 is 1.38 bits per heavy atom. The van der Waals surface area contributed by atoms with E-state index in [1.54, 1.807) is 24.5 Å². The van der Waals surface area contributed by atoms with Gasteiger partial charge in [-0.05, 0) is 30.9 Å². The quantitative estimate of drug-likeness (QED) is 0.903. The van der Waals surface area contributed by atoms with Gasteiger partial charge in [-0.25, -0.2) is 9.97 Å². The first kappa shape index (κ1) is 16.4. The third kappa shape index (κ3) is 3.41. The fourth-order valence-corrected chi connectivity index (χ4v) is 3.06. The van der Waals surface area contributed by atoms with E-state index in [2.05, 4.69) is 15.3 Å². The second kappa shape index (κ2) is 7.44. The number of carbonyl (C=O) groups excluding carboxylic acids is 1. The fourth-order valence-electron chi connectivity index (χ4n) is 3.06. The van der Waals surface area contributed by atoms with Crippen LogP contribution in [0.3, 0.4) is 0 Å². The molecule has 3 rings (SSSR count). The maximum Gasteiger partial charge on any atom is 0.257 e. The monoisotopic (exact) mass is 330 g/mol. The van der Waals surface area contributed by atoms with Crippen LogP contribution in [0.5, 0.6) is 5.88 Å². The molecule has 3 heterocycles. The molecule has 7 nitrogen and oxygen atoms in total. The summed E-state index contributed by atoms with van der Waals surface area (Å²) >= 11 is 0. The highest BCUT2D eigenvalue weighted by Gasteiger charge is 2.30. The van der Waals surface area contributed by atoms with Crippen LogP contribution in [0.4, 0.5) is 0 Å². The van der Waals surface area contributed by atoms with Gasteiger partial charge in [-0.3, -0.25) is 4.79 Å². The van der Waals surface area contributed by atoms with E-state index in [1.807, 2.05) is 17.8 Å². The summed E-state index contributed by atoms with van der Waals surface area (Å²) in [5.41, 5.74) is 0.422. The van der Waals surface area contributed by atoms with Crippen molar-refractivity contribution in [1.29, 1.82) is 0 Å². The van der Waals surface area contributed by atoms with Crippen LogP contribution in [0.15, 0.2) is 30.7 Å². The van der Waals surface area contributed by atoms with Gasteiger partial charge in [0.05, 0.1) is 13.2 Å². The number of rotatable bonds is 5. The summed E-state index contributed by atoms with van der Waals surface area (Å²) in [6, 6.07) is 3.26. The molecule has 0 unspecified atom stereocenters. The van der Waals surface area contributed by atoms with Gasteiger partial charge in [-0.1, -0.05) is 0 Å². The molecule has 0 spiro atoms. The van der Waals surface area contributed by atoms with Gasteiger partial charge in [-0.2, -0.15) is 0 Å². The number of methoxy groups -OCH3 is 1. The molecule has 1 amide bonds. The zero-order valence-electron chi connectivity index (χ0n) is 13.9. The highest BCUT2D eigenvalue weighted by atomic mass is 16.5. The van der Waals surface area contributed by atoms with Crippen LogP contribution in [0.2, 0.25) is 0 Å². The van der Waals surface area contributed by atoms with Crippen LogP contribution < -0.4 is 10.1 Å². The highest BCUT2D eigenvalue weighted by molar-refractivity contribution is 5.96. The zero-order chi connectivity index (χ0) is 16.9. The number of aromatic nitrogens is 3. The van der Waals surface area contributed by atoms with Gasteiger partial charge in [0.15, 0.2) is 0 Å². The van der Waals surface area contributed by atoms with Crippen LogP contribution in [0.1, 0.15) is 35.1 Å². The van der Waals surface area contributed by atoms with E-state index in [9.17, 15) is 4.79 Å². The molecule has 1 saturated heterocycles. The number of amides is 1. The molecule has 0 saturated carbocycles. The first-order chi connectivity index (χ1) is 11.7. The Balaban J connectivity index is 1.86. The maximum atomic E-state index is 12.8. The summed E-state index contributed by atoms with van der Waals surface area (Å²) in [5.74, 6) is 1.24. The SMILES string of the molecule is COc1ncccc1C(=O)N[C@@H](c1nccn1C)C1CCOCC1. The van der Waals surface area contributed by atoms with E-state index in [4.69, 9.17) is 9.47 Å². The molecule has 0 aliphatic carbocycles. The largest absolute Gasteiger partial charge is 0.480 e. The second-order valence-corrected chi connectivity index (χ2v) is 5.86. The van der Waals surface area contributed by atoms with E-state index < -0.39 is 0 Å². The van der Waals surface area contributed by atoms with Gasteiger partial charge >= 0.3 is 0 Å². The fraction of sp³-hybridized carbons (Fsp3) is 0.471. The van der Waals surface area contributed by atoms with E-state index in [0.29, 0.717) is 24.7 Å². The minimum atomic E-state index is -0.209. The van der Waals surface area contributed by atoms with Crippen molar-refractivity contribution in [3.05, 3.63) is 42.1 Å². The zero-order valence-corrected chi connectivity index (χ0v) is 13.9. The minimum absolute atomic E-state index is 0.175. The van der Waals surface area contributed by atoms with E-state index >= 15 is 0 Å². The number of hydrogen-bond acceptors (Lipinski definition) is 5. The van der Waals surface area contributed by atoms with Gasteiger partial charge in [0.1, 0.15) is 11.4 Å². The average Bonchev–Trinajstić information content (AvgIpc) is 3.06. The Labute approximate surface area is 141 Å². The Bertz CT molecular complexity index is 695. The van der Waals surface area contributed by atoms with Crippen molar-refractivity contribution in [3.63, 3.8) is 0 Å². The first-order valence-corrected chi connectivity index (χ1v) is 8.05. The molecule has 2 aromatic heterocycles. The molecule has 1 atom stereocenters. The molecule has 24 heavy (non-hydrogen) atoms. The summed E-state index contributed by atoms with van der Waals surface area (Å²) in [5, 5.41) is 3.12. The maximum absolute atomic E-state index is 12.8. The normalized spacial score (nSPS) is 16.6. The lowest BCUT2D eigenvalue weighted by molar-refractivity contribution is 0.0498. The lowest BCUT2D eigenvalue weighted by Gasteiger charge is -2.30. The van der Waals surface area contributed by atoms with Crippen molar-refractivity contribution < 1.29 is 14.3 Å². The number of ether oxygens (including phenoxy) is 2. The van der Waals surface area contributed by atoms with Crippen LogP contribution >= 0.6 is 0 Å². The third-order valence-corrected chi connectivity index (χ3v) is 4.37. The number of carbonyl (C=O) groups is 1. The predicted molar refractivity (Wildman–Crippen MR) is 87.7 cm³/mol. The Kier molecular flexibility index (Phi) is 5.10. The van der Waals surface area contributed by atoms with E-state index in [1.165, 1.54) is 7.11 Å². The third-order valence-electron chi connectivity index (χ3n) is 4.37. The molecule has 1 aliphatic rings. The average molecular weight is 330 g/mol. The van der Waals surface area contributed by atoms with Crippen LogP contribution in [-0.4, -0.2) is 40.8 Å². The van der Waals surface area contributed by atoms with Crippen LogP contribution in [-0.2, 0) is 11.8 Å². The minimum Gasteiger partial charge on any atom is -0.480 e. The molecule has 1 fully saturated rings. The van der Waals surface area contributed by atoms with E-state index in [0.717, 1.165) is 18.7 Å². The number of nitrogens with one attached hydrogen (secondary N) is 1. The van der Waals surface area contributed by atoms with Crippen molar-refractivity contribution in [3.8, 4) is 5.88 Å². The van der Waals surface area contributed by atoms with Crippen molar-refractivity contribution in [2.45, 2.75) is 18.9 Å². The van der Waals surface area contributed by atoms with Crippen molar-refractivity contribution in [1.82, 2.24) is 19.9 Å². The number of imidazole rings is 1. The lowest BCUT2D eigenvalue weighted by Crippen LogP contribution is -2.37. The van der Waals surface area contributed by atoms with Crippen LogP contribution in [0, 0.1) is 5.92 Å². The molecule has 0 aromatic carbocycles. The Morgan fingerprint density at radius 2 is 2.17 bits per heavy atom. The molecule has 2 aromatic rings. The smallest absolute Gasteiger partial charge is 0.257 e. The Morgan fingerprint density at radius 3 is 2.83 bits per heavy atom. The number of nitrogens with zero attached hydrogens (tertiary/aromatic N) is 3. The molecule has 1 aliphatic heterocycles. The van der Waals surface area contributed by atoms with Gasteiger partial charge < -0.3 is 19.4 Å². The topological polar surface area (TPSA) is 78.3 Å². The summed E-state index contributed by atoms with van der Waals surface area (Å²) < 4.78 is 12.6. The second-order valence-electron chi connectivity index (χ2n) is 5.86. The van der Waals surface area contributed by atoms with Gasteiger partial charge in [0.25, 0.3) is 5.91 Å².